The summed E-state index contributed by atoms with van der Waals surface area (Å²) in [7, 11) is 0. The number of hydrogen-bond donors (Lipinski definition) is 0. The van der Waals surface area contributed by atoms with E-state index in [0.29, 0.717) is 19.8 Å². The molecule has 22 heavy (non-hydrogen) atoms. The summed E-state index contributed by atoms with van der Waals surface area (Å²) in [4.78, 5) is 25.1. The third kappa shape index (κ3) is 6.36. The van der Waals surface area contributed by atoms with Crippen molar-refractivity contribution in [1.29, 1.82) is 0 Å². The van der Waals surface area contributed by atoms with Gasteiger partial charge in [-0.1, -0.05) is 15.9 Å². The molecule has 0 amide bonds. The predicted molar refractivity (Wildman–Crippen MR) is 91.9 cm³/mol. The minimum atomic E-state index is -0.332. The van der Waals surface area contributed by atoms with Crippen molar-refractivity contribution < 1.29 is 19.1 Å². The predicted octanol–water partition coefficient (Wildman–Crippen LogP) is 3.53. The Morgan fingerprint density at radius 2 is 1.73 bits per heavy atom. The van der Waals surface area contributed by atoms with Crippen LogP contribution >= 0.6 is 31.9 Å². The third-order valence-electron chi connectivity index (χ3n) is 2.77. The van der Waals surface area contributed by atoms with Gasteiger partial charge in [0.25, 0.3) is 0 Å². The average molecular weight is 437 g/mol. The topological polar surface area (TPSA) is 55.8 Å². The highest BCUT2D eigenvalue weighted by molar-refractivity contribution is 9.11. The molecule has 7 heteroatoms. The number of halogens is 2. The van der Waals surface area contributed by atoms with Crippen LogP contribution in [-0.2, 0) is 19.1 Å². The fourth-order valence-corrected chi connectivity index (χ4v) is 3.14. The van der Waals surface area contributed by atoms with Crippen molar-refractivity contribution in [3.63, 3.8) is 0 Å². The molecule has 0 heterocycles. The molecule has 1 rings (SSSR count). The molecule has 1 aromatic rings. The molecule has 0 saturated carbocycles. The van der Waals surface area contributed by atoms with E-state index in [4.69, 9.17) is 9.47 Å². The van der Waals surface area contributed by atoms with Gasteiger partial charge in [-0.05, 0) is 48.0 Å². The van der Waals surface area contributed by atoms with Gasteiger partial charge in [0.05, 0.1) is 25.3 Å². The number of anilines is 1. The summed E-state index contributed by atoms with van der Waals surface area (Å²) >= 11 is 6.86. The first kappa shape index (κ1) is 19.0. The van der Waals surface area contributed by atoms with Crippen molar-refractivity contribution in [3.8, 4) is 0 Å². The number of ether oxygens (including phenoxy) is 2. The van der Waals surface area contributed by atoms with E-state index in [0.717, 1.165) is 14.6 Å². The second-order valence-corrected chi connectivity index (χ2v) is 6.15. The van der Waals surface area contributed by atoms with Gasteiger partial charge in [-0.3, -0.25) is 9.59 Å². The summed E-state index contributed by atoms with van der Waals surface area (Å²) in [5.74, 6) is -0.620. The smallest absolute Gasteiger partial charge is 0.325 e. The minimum Gasteiger partial charge on any atom is -0.466 e. The average Bonchev–Trinajstić information content (AvgIpc) is 2.44. The van der Waals surface area contributed by atoms with Crippen LogP contribution in [0.15, 0.2) is 27.1 Å². The lowest BCUT2D eigenvalue weighted by Crippen LogP contribution is -2.33. The van der Waals surface area contributed by atoms with Crippen LogP contribution < -0.4 is 4.90 Å². The van der Waals surface area contributed by atoms with Gasteiger partial charge in [-0.2, -0.15) is 0 Å². The van der Waals surface area contributed by atoms with Gasteiger partial charge in [-0.25, -0.2) is 0 Å². The number of hydrogen-bond acceptors (Lipinski definition) is 5. The van der Waals surface area contributed by atoms with Gasteiger partial charge in [0.15, 0.2) is 0 Å². The summed E-state index contributed by atoms with van der Waals surface area (Å²) in [5, 5.41) is 0. The normalized spacial score (nSPS) is 10.2. The highest BCUT2D eigenvalue weighted by Crippen LogP contribution is 2.29. The van der Waals surface area contributed by atoms with Crippen LogP contribution in [0.5, 0.6) is 0 Å². The van der Waals surface area contributed by atoms with Crippen molar-refractivity contribution in [2.45, 2.75) is 20.3 Å². The molecule has 0 bridgehead atoms. The Hall–Kier alpha value is -1.08. The maximum absolute atomic E-state index is 11.8. The fourth-order valence-electron chi connectivity index (χ4n) is 1.84. The largest absolute Gasteiger partial charge is 0.466 e. The van der Waals surface area contributed by atoms with Crippen LogP contribution in [0.3, 0.4) is 0 Å². The first-order valence-corrected chi connectivity index (χ1v) is 8.57. The van der Waals surface area contributed by atoms with Crippen molar-refractivity contribution in [3.05, 3.63) is 27.1 Å². The van der Waals surface area contributed by atoms with Crippen LogP contribution in [0.2, 0.25) is 0 Å². The molecule has 0 aliphatic rings. The van der Waals surface area contributed by atoms with Crippen LogP contribution in [0, 0.1) is 0 Å². The number of benzene rings is 1. The van der Waals surface area contributed by atoms with Gasteiger partial charge in [0.2, 0.25) is 0 Å². The number of carbonyl (C=O) groups excluding carboxylic acids is 2. The molecule has 0 aliphatic heterocycles. The standard InChI is InChI=1S/C15H19Br2NO4/c1-3-21-14(19)7-8-18(10-15(20)22-4-2)13-6-5-11(16)9-12(13)17/h5-6,9H,3-4,7-8,10H2,1-2H3. The quantitative estimate of drug-likeness (QED) is 0.583. The highest BCUT2D eigenvalue weighted by Gasteiger charge is 2.17. The lowest BCUT2D eigenvalue weighted by atomic mass is 10.2. The molecule has 0 aromatic heterocycles. The molecule has 0 atom stereocenters. The van der Waals surface area contributed by atoms with Crippen molar-refractivity contribution in [1.82, 2.24) is 0 Å². The molecule has 0 radical (unpaired) electrons. The van der Waals surface area contributed by atoms with Crippen LogP contribution in [-0.4, -0.2) is 38.2 Å². The zero-order valence-corrected chi connectivity index (χ0v) is 15.8. The summed E-state index contributed by atoms with van der Waals surface area (Å²) < 4.78 is 11.7. The lowest BCUT2D eigenvalue weighted by molar-refractivity contribution is -0.144. The Balaban J connectivity index is 2.85. The minimum absolute atomic E-state index is 0.0769. The molecular formula is C15H19Br2NO4. The molecule has 0 aliphatic carbocycles. The molecule has 0 fully saturated rings. The summed E-state index contributed by atoms with van der Waals surface area (Å²) in [6, 6.07) is 5.64. The van der Waals surface area contributed by atoms with Crippen LogP contribution in [0.1, 0.15) is 20.3 Å². The van der Waals surface area contributed by atoms with Gasteiger partial charge < -0.3 is 14.4 Å². The van der Waals surface area contributed by atoms with Crippen LogP contribution in [0.4, 0.5) is 5.69 Å². The SMILES string of the molecule is CCOC(=O)CCN(CC(=O)OCC)c1ccc(Br)cc1Br. The van der Waals surface area contributed by atoms with E-state index >= 15 is 0 Å². The van der Waals surface area contributed by atoms with E-state index in [1.165, 1.54) is 0 Å². The van der Waals surface area contributed by atoms with Crippen molar-refractivity contribution in [2.75, 3.05) is 31.2 Å². The van der Waals surface area contributed by atoms with Crippen LogP contribution in [0.25, 0.3) is 0 Å². The molecule has 0 unspecified atom stereocenters. The second kappa shape index (κ2) is 9.84. The molecule has 0 spiro atoms. The monoisotopic (exact) mass is 435 g/mol. The molecule has 0 N–H and O–H groups in total. The Labute approximate surface area is 147 Å². The molecule has 5 nitrogen and oxygen atoms in total. The number of carbonyl (C=O) groups is 2. The summed E-state index contributed by atoms with van der Waals surface area (Å²) in [6.07, 6.45) is 0.204. The number of esters is 2. The molecular weight excluding hydrogens is 418 g/mol. The Morgan fingerprint density at radius 1 is 1.09 bits per heavy atom. The number of nitrogens with zero attached hydrogens (tertiary/aromatic N) is 1. The third-order valence-corrected chi connectivity index (χ3v) is 3.90. The zero-order valence-electron chi connectivity index (χ0n) is 12.6. The van der Waals surface area contributed by atoms with Gasteiger partial charge >= 0.3 is 11.9 Å². The highest BCUT2D eigenvalue weighted by atomic mass is 79.9. The van der Waals surface area contributed by atoms with Crippen molar-refractivity contribution >= 4 is 49.5 Å². The zero-order chi connectivity index (χ0) is 16.5. The summed E-state index contributed by atoms with van der Waals surface area (Å²) in [6.45, 7) is 4.64. The van der Waals surface area contributed by atoms with Gasteiger partial charge in [0, 0.05) is 15.5 Å². The van der Waals surface area contributed by atoms with Gasteiger partial charge in [-0.15, -0.1) is 0 Å². The lowest BCUT2D eigenvalue weighted by Gasteiger charge is -2.24. The molecule has 0 saturated heterocycles. The molecule has 1 aromatic carbocycles. The second-order valence-electron chi connectivity index (χ2n) is 4.38. The first-order valence-electron chi connectivity index (χ1n) is 6.99. The first-order chi connectivity index (χ1) is 10.5. The number of rotatable bonds is 8. The molecule has 122 valence electrons. The van der Waals surface area contributed by atoms with E-state index in [9.17, 15) is 9.59 Å². The van der Waals surface area contributed by atoms with E-state index in [1.54, 1.807) is 18.7 Å². The Kier molecular flexibility index (Phi) is 8.48. The Morgan fingerprint density at radius 3 is 2.32 bits per heavy atom. The van der Waals surface area contributed by atoms with Gasteiger partial charge in [0.1, 0.15) is 6.54 Å². The summed E-state index contributed by atoms with van der Waals surface area (Å²) in [5.41, 5.74) is 0.820. The Bertz CT molecular complexity index is 522. The van der Waals surface area contributed by atoms with E-state index in [2.05, 4.69) is 31.9 Å². The van der Waals surface area contributed by atoms with E-state index < -0.39 is 0 Å². The maximum Gasteiger partial charge on any atom is 0.325 e. The fraction of sp³-hybridized carbons (Fsp3) is 0.467. The van der Waals surface area contributed by atoms with E-state index in [-0.39, 0.29) is 24.9 Å². The van der Waals surface area contributed by atoms with E-state index in [1.807, 2.05) is 18.2 Å². The van der Waals surface area contributed by atoms with Crippen molar-refractivity contribution in [2.24, 2.45) is 0 Å². The maximum atomic E-state index is 11.8.